The Balaban J connectivity index is 1.54. The van der Waals surface area contributed by atoms with Crippen LogP contribution in [0.15, 0.2) is 59.5 Å². The van der Waals surface area contributed by atoms with Crippen LogP contribution in [0, 0.1) is 6.92 Å². The summed E-state index contributed by atoms with van der Waals surface area (Å²) >= 11 is 3.37. The minimum Gasteiger partial charge on any atom is -0.273 e. The van der Waals surface area contributed by atoms with Gasteiger partial charge in [-0.05, 0) is 53.0 Å². The second-order valence-corrected chi connectivity index (χ2v) is 7.79. The number of carbonyl (C=O) groups excluding carboxylic acids is 2. The molecule has 3 aromatic rings. The molecular weight excluding hydrogens is 434 g/mol. The van der Waals surface area contributed by atoms with Gasteiger partial charge in [0.15, 0.2) is 0 Å². The Labute approximate surface area is 177 Å². The molecule has 0 unspecified atom stereocenters. The van der Waals surface area contributed by atoms with Crippen LogP contribution in [0.25, 0.3) is 5.69 Å². The number of amides is 2. The number of aromatic nitrogens is 3. The molecule has 0 bridgehead atoms. The fraction of sp³-hybridized carbons (Fsp3) is 0.238. The van der Waals surface area contributed by atoms with Crippen LogP contribution < -0.4 is 0 Å². The molecule has 0 N–H and O–H groups in total. The molecule has 1 fully saturated rings. The van der Waals surface area contributed by atoms with Crippen LogP contribution in [0.1, 0.15) is 28.0 Å². The van der Waals surface area contributed by atoms with E-state index in [9.17, 15) is 9.59 Å². The average Bonchev–Trinajstić information content (AvgIpc) is 3.35. The number of rotatable bonds is 4. The fourth-order valence-electron chi connectivity index (χ4n) is 3.49. The van der Waals surface area contributed by atoms with Gasteiger partial charge >= 0.3 is 0 Å². The average molecular weight is 454 g/mol. The molecule has 0 aliphatic carbocycles. The van der Waals surface area contributed by atoms with Gasteiger partial charge in [0.25, 0.3) is 5.91 Å². The van der Waals surface area contributed by atoms with E-state index in [1.54, 1.807) is 28.3 Å². The molecule has 0 spiro atoms. The molecule has 4 rings (SSSR count). The second kappa shape index (κ2) is 8.16. The van der Waals surface area contributed by atoms with Gasteiger partial charge in [-0.3, -0.25) is 19.6 Å². The van der Waals surface area contributed by atoms with Crippen LogP contribution in [0.5, 0.6) is 0 Å². The van der Waals surface area contributed by atoms with E-state index in [-0.39, 0.29) is 18.2 Å². The first-order chi connectivity index (χ1) is 14.0. The predicted octanol–water partition coefficient (Wildman–Crippen LogP) is 3.17. The Kier molecular flexibility index (Phi) is 5.44. The lowest BCUT2D eigenvalue weighted by Crippen LogP contribution is -2.45. The molecular formula is C21H20BrN5O2. The number of carbonyl (C=O) groups is 2. The van der Waals surface area contributed by atoms with Gasteiger partial charge in [0, 0.05) is 30.0 Å². The third-order valence-electron chi connectivity index (χ3n) is 4.91. The van der Waals surface area contributed by atoms with Gasteiger partial charge in [-0.25, -0.2) is 9.69 Å². The van der Waals surface area contributed by atoms with Crippen molar-refractivity contribution in [3.05, 3.63) is 76.3 Å². The van der Waals surface area contributed by atoms with E-state index in [4.69, 9.17) is 0 Å². The number of hydrazine groups is 1. The zero-order chi connectivity index (χ0) is 20.4. The van der Waals surface area contributed by atoms with Crippen molar-refractivity contribution in [1.29, 1.82) is 0 Å². The van der Waals surface area contributed by atoms with Crippen molar-refractivity contribution in [2.75, 3.05) is 13.1 Å². The van der Waals surface area contributed by atoms with E-state index in [0.29, 0.717) is 18.7 Å². The molecule has 7 nitrogen and oxygen atoms in total. The summed E-state index contributed by atoms with van der Waals surface area (Å²) in [7, 11) is 0. The maximum Gasteiger partial charge on any atom is 0.275 e. The molecule has 29 heavy (non-hydrogen) atoms. The minimum atomic E-state index is -0.206. The SMILES string of the molecule is Cc1c(C(=O)N2CCCN2C(=O)Cc2cncc(Br)c2)cnn1-c1ccccc1. The quantitative estimate of drug-likeness (QED) is 0.607. The summed E-state index contributed by atoms with van der Waals surface area (Å²) in [5.41, 5.74) is 2.94. The van der Waals surface area contributed by atoms with Crippen molar-refractivity contribution >= 4 is 27.7 Å². The lowest BCUT2D eigenvalue weighted by Gasteiger charge is -2.28. The molecule has 0 radical (unpaired) electrons. The Bertz CT molecular complexity index is 1050. The van der Waals surface area contributed by atoms with Crippen LogP contribution in [0.3, 0.4) is 0 Å². The van der Waals surface area contributed by atoms with Crippen molar-refractivity contribution in [2.45, 2.75) is 19.8 Å². The summed E-state index contributed by atoms with van der Waals surface area (Å²) in [6.45, 7) is 2.90. The van der Waals surface area contributed by atoms with E-state index in [1.165, 1.54) is 5.01 Å². The number of benzene rings is 1. The van der Waals surface area contributed by atoms with Crippen LogP contribution >= 0.6 is 15.9 Å². The Hall–Kier alpha value is -3.00. The van der Waals surface area contributed by atoms with Crippen molar-refractivity contribution in [3.8, 4) is 5.69 Å². The van der Waals surface area contributed by atoms with Crippen LogP contribution in [0.4, 0.5) is 0 Å². The zero-order valence-electron chi connectivity index (χ0n) is 16.0. The summed E-state index contributed by atoms with van der Waals surface area (Å²) in [5.74, 6) is -0.327. The largest absolute Gasteiger partial charge is 0.275 e. The predicted molar refractivity (Wildman–Crippen MR) is 111 cm³/mol. The maximum absolute atomic E-state index is 13.2. The van der Waals surface area contributed by atoms with Crippen molar-refractivity contribution in [1.82, 2.24) is 24.8 Å². The Morgan fingerprint density at radius 3 is 2.59 bits per heavy atom. The molecule has 2 amide bonds. The third-order valence-corrected chi connectivity index (χ3v) is 5.35. The number of pyridine rings is 1. The highest BCUT2D eigenvalue weighted by atomic mass is 79.9. The summed E-state index contributed by atoms with van der Waals surface area (Å²) in [6, 6.07) is 11.5. The maximum atomic E-state index is 13.2. The lowest BCUT2D eigenvalue weighted by molar-refractivity contribution is -0.139. The van der Waals surface area contributed by atoms with E-state index >= 15 is 0 Å². The molecule has 1 saturated heterocycles. The standard InChI is InChI=1S/C21H20BrN5O2/c1-15-19(14-24-27(15)18-6-3-2-4-7-18)21(29)26-9-5-8-25(26)20(28)11-16-10-17(22)13-23-12-16/h2-4,6-7,10,12-14H,5,8-9,11H2,1H3. The van der Waals surface area contributed by atoms with E-state index < -0.39 is 0 Å². The molecule has 0 atom stereocenters. The van der Waals surface area contributed by atoms with Gasteiger partial charge in [-0.15, -0.1) is 0 Å². The molecule has 0 saturated carbocycles. The number of para-hydroxylation sites is 1. The summed E-state index contributed by atoms with van der Waals surface area (Å²) in [6.07, 6.45) is 5.86. The highest BCUT2D eigenvalue weighted by Crippen LogP contribution is 2.21. The number of nitrogens with zero attached hydrogens (tertiary/aromatic N) is 5. The van der Waals surface area contributed by atoms with Gasteiger partial charge in [0.1, 0.15) is 0 Å². The summed E-state index contributed by atoms with van der Waals surface area (Å²) in [4.78, 5) is 30.1. The normalized spacial score (nSPS) is 13.7. The first-order valence-corrected chi connectivity index (χ1v) is 10.2. The second-order valence-electron chi connectivity index (χ2n) is 6.88. The topological polar surface area (TPSA) is 71.3 Å². The van der Waals surface area contributed by atoms with Crippen LogP contribution in [0.2, 0.25) is 0 Å². The molecule has 148 valence electrons. The molecule has 2 aromatic heterocycles. The minimum absolute atomic E-state index is 0.121. The summed E-state index contributed by atoms with van der Waals surface area (Å²) < 4.78 is 2.56. The van der Waals surface area contributed by atoms with E-state index in [2.05, 4.69) is 26.0 Å². The first-order valence-electron chi connectivity index (χ1n) is 9.36. The molecule has 8 heteroatoms. The summed E-state index contributed by atoms with van der Waals surface area (Å²) in [5, 5.41) is 7.46. The van der Waals surface area contributed by atoms with Crippen LogP contribution in [-0.2, 0) is 11.2 Å². The smallest absolute Gasteiger partial charge is 0.273 e. The number of hydrogen-bond acceptors (Lipinski definition) is 4. The van der Waals surface area contributed by atoms with Gasteiger partial charge in [-0.1, -0.05) is 18.2 Å². The lowest BCUT2D eigenvalue weighted by atomic mass is 10.2. The van der Waals surface area contributed by atoms with Gasteiger partial charge in [0.05, 0.1) is 29.6 Å². The first kappa shape index (κ1) is 19.3. The molecule has 3 heterocycles. The fourth-order valence-corrected chi connectivity index (χ4v) is 3.90. The third kappa shape index (κ3) is 3.93. The van der Waals surface area contributed by atoms with Crippen molar-refractivity contribution < 1.29 is 9.59 Å². The highest BCUT2D eigenvalue weighted by molar-refractivity contribution is 9.10. The number of halogens is 1. The van der Waals surface area contributed by atoms with E-state index in [1.807, 2.05) is 43.3 Å². The van der Waals surface area contributed by atoms with Crippen LogP contribution in [-0.4, -0.2) is 49.7 Å². The monoisotopic (exact) mass is 453 g/mol. The van der Waals surface area contributed by atoms with Gasteiger partial charge < -0.3 is 0 Å². The number of hydrogen-bond donors (Lipinski definition) is 0. The van der Waals surface area contributed by atoms with Crippen molar-refractivity contribution in [3.63, 3.8) is 0 Å². The highest BCUT2D eigenvalue weighted by Gasteiger charge is 2.32. The molecule has 1 aliphatic rings. The van der Waals surface area contributed by atoms with Crippen molar-refractivity contribution in [2.24, 2.45) is 0 Å². The Morgan fingerprint density at radius 1 is 1.07 bits per heavy atom. The molecule has 1 aliphatic heterocycles. The molecule has 1 aromatic carbocycles. The Morgan fingerprint density at radius 2 is 1.83 bits per heavy atom. The van der Waals surface area contributed by atoms with Gasteiger partial charge in [-0.2, -0.15) is 5.10 Å². The zero-order valence-corrected chi connectivity index (χ0v) is 17.5. The van der Waals surface area contributed by atoms with Gasteiger partial charge in [0.2, 0.25) is 5.91 Å². The van der Waals surface area contributed by atoms with E-state index in [0.717, 1.165) is 27.8 Å².